The van der Waals surface area contributed by atoms with Crippen molar-refractivity contribution in [3.63, 3.8) is 0 Å². The first-order valence-electron chi connectivity index (χ1n) is 7.80. The van der Waals surface area contributed by atoms with Gasteiger partial charge < -0.3 is 4.74 Å². The number of hydrogen-bond donors (Lipinski definition) is 2. The Labute approximate surface area is 122 Å². The SMILES string of the molecule is CCOC1(C(NN)c2ccc(C)cc2C)CCCCC1. The Morgan fingerprint density at radius 1 is 1.25 bits per heavy atom. The summed E-state index contributed by atoms with van der Waals surface area (Å²) in [5.41, 5.74) is 6.75. The zero-order valence-electron chi connectivity index (χ0n) is 13.0. The predicted molar refractivity (Wildman–Crippen MR) is 83.4 cm³/mol. The van der Waals surface area contributed by atoms with Crippen LogP contribution in [0.3, 0.4) is 0 Å². The molecule has 0 amide bonds. The fraction of sp³-hybridized carbons (Fsp3) is 0.647. The minimum Gasteiger partial charge on any atom is -0.373 e. The van der Waals surface area contributed by atoms with Crippen LogP contribution in [-0.2, 0) is 4.74 Å². The van der Waals surface area contributed by atoms with E-state index < -0.39 is 0 Å². The van der Waals surface area contributed by atoms with Crippen molar-refractivity contribution in [1.82, 2.24) is 5.43 Å². The lowest BCUT2D eigenvalue weighted by molar-refractivity contribution is -0.0914. The highest BCUT2D eigenvalue weighted by Crippen LogP contribution is 2.42. The molecule has 1 fully saturated rings. The van der Waals surface area contributed by atoms with Gasteiger partial charge >= 0.3 is 0 Å². The number of hydrogen-bond acceptors (Lipinski definition) is 3. The van der Waals surface area contributed by atoms with Gasteiger partial charge in [0.15, 0.2) is 0 Å². The molecule has 1 aliphatic rings. The van der Waals surface area contributed by atoms with E-state index in [1.165, 1.54) is 36.0 Å². The van der Waals surface area contributed by atoms with Crippen LogP contribution in [0.15, 0.2) is 18.2 Å². The lowest BCUT2D eigenvalue weighted by atomic mass is 9.76. The van der Waals surface area contributed by atoms with Crippen LogP contribution < -0.4 is 11.3 Å². The summed E-state index contributed by atoms with van der Waals surface area (Å²) >= 11 is 0. The van der Waals surface area contributed by atoms with Gasteiger partial charge in [0.2, 0.25) is 0 Å². The molecule has 3 nitrogen and oxygen atoms in total. The summed E-state index contributed by atoms with van der Waals surface area (Å²) in [5.74, 6) is 5.93. The first-order chi connectivity index (χ1) is 9.63. The molecule has 0 aromatic heterocycles. The highest BCUT2D eigenvalue weighted by atomic mass is 16.5. The van der Waals surface area contributed by atoms with E-state index in [9.17, 15) is 0 Å². The standard InChI is InChI=1S/C17H28N2O/c1-4-20-17(10-6-5-7-11-17)16(19-18)15-9-8-13(2)12-14(15)3/h8-9,12,16,19H,4-7,10-11,18H2,1-3H3. The predicted octanol–water partition coefficient (Wildman–Crippen LogP) is 3.55. The van der Waals surface area contributed by atoms with Gasteiger partial charge in [0.1, 0.15) is 0 Å². The highest BCUT2D eigenvalue weighted by molar-refractivity contribution is 5.34. The van der Waals surface area contributed by atoms with Crippen molar-refractivity contribution < 1.29 is 4.74 Å². The molecular formula is C17H28N2O. The van der Waals surface area contributed by atoms with Crippen molar-refractivity contribution >= 4 is 0 Å². The van der Waals surface area contributed by atoms with Crippen molar-refractivity contribution in [3.8, 4) is 0 Å². The summed E-state index contributed by atoms with van der Waals surface area (Å²) in [5, 5.41) is 0. The van der Waals surface area contributed by atoms with Gasteiger partial charge in [0, 0.05) is 6.61 Å². The average Bonchev–Trinajstić information content (AvgIpc) is 2.43. The van der Waals surface area contributed by atoms with Crippen LogP contribution in [0.4, 0.5) is 0 Å². The Morgan fingerprint density at radius 2 is 1.95 bits per heavy atom. The molecule has 3 heteroatoms. The van der Waals surface area contributed by atoms with E-state index in [-0.39, 0.29) is 11.6 Å². The molecule has 1 unspecified atom stereocenters. The van der Waals surface area contributed by atoms with Crippen LogP contribution in [0.5, 0.6) is 0 Å². The van der Waals surface area contributed by atoms with Crippen LogP contribution in [0.25, 0.3) is 0 Å². The Hall–Kier alpha value is -0.900. The second-order valence-electron chi connectivity index (χ2n) is 6.02. The molecule has 0 radical (unpaired) electrons. The van der Waals surface area contributed by atoms with Crippen molar-refractivity contribution in [1.29, 1.82) is 0 Å². The van der Waals surface area contributed by atoms with Gasteiger partial charge in [-0.05, 0) is 44.7 Å². The Kier molecular flexibility index (Phi) is 5.19. The van der Waals surface area contributed by atoms with Gasteiger partial charge in [-0.25, -0.2) is 0 Å². The van der Waals surface area contributed by atoms with Gasteiger partial charge in [0.05, 0.1) is 11.6 Å². The van der Waals surface area contributed by atoms with Crippen LogP contribution in [-0.4, -0.2) is 12.2 Å². The average molecular weight is 276 g/mol. The Bertz CT molecular complexity index is 433. The van der Waals surface area contributed by atoms with E-state index in [2.05, 4.69) is 44.4 Å². The minimum absolute atomic E-state index is 0.0725. The second-order valence-corrected chi connectivity index (χ2v) is 6.02. The lowest BCUT2D eigenvalue weighted by Crippen LogP contribution is -2.50. The third-order valence-electron chi connectivity index (χ3n) is 4.56. The van der Waals surface area contributed by atoms with Gasteiger partial charge in [0.25, 0.3) is 0 Å². The summed E-state index contributed by atoms with van der Waals surface area (Å²) in [6, 6.07) is 6.66. The monoisotopic (exact) mass is 276 g/mol. The van der Waals surface area contributed by atoms with Crippen LogP contribution in [0.2, 0.25) is 0 Å². The number of aryl methyl sites for hydroxylation is 2. The molecule has 2 rings (SSSR count). The first kappa shape index (κ1) is 15.5. The fourth-order valence-electron chi connectivity index (χ4n) is 3.63. The van der Waals surface area contributed by atoms with Gasteiger partial charge in [-0.15, -0.1) is 0 Å². The zero-order valence-corrected chi connectivity index (χ0v) is 13.0. The van der Waals surface area contributed by atoms with E-state index in [0.717, 1.165) is 19.4 Å². The molecule has 20 heavy (non-hydrogen) atoms. The number of nitrogens with one attached hydrogen (secondary N) is 1. The third-order valence-corrected chi connectivity index (χ3v) is 4.56. The summed E-state index contributed by atoms with van der Waals surface area (Å²) in [6.07, 6.45) is 5.93. The smallest absolute Gasteiger partial charge is 0.0889 e. The van der Waals surface area contributed by atoms with Gasteiger partial charge in [-0.3, -0.25) is 11.3 Å². The number of rotatable bonds is 5. The summed E-state index contributed by atoms with van der Waals surface area (Å²) < 4.78 is 6.22. The molecule has 112 valence electrons. The van der Waals surface area contributed by atoms with E-state index in [0.29, 0.717) is 0 Å². The van der Waals surface area contributed by atoms with Gasteiger partial charge in [-0.2, -0.15) is 0 Å². The molecule has 1 aromatic rings. The van der Waals surface area contributed by atoms with Crippen LogP contribution >= 0.6 is 0 Å². The normalized spacial score (nSPS) is 19.8. The van der Waals surface area contributed by atoms with Crippen molar-refractivity contribution in [2.75, 3.05) is 6.61 Å². The molecular weight excluding hydrogens is 248 g/mol. The Balaban J connectivity index is 2.37. The molecule has 0 saturated heterocycles. The highest BCUT2D eigenvalue weighted by Gasteiger charge is 2.41. The Morgan fingerprint density at radius 3 is 2.50 bits per heavy atom. The van der Waals surface area contributed by atoms with Crippen molar-refractivity contribution in [2.24, 2.45) is 5.84 Å². The summed E-state index contributed by atoms with van der Waals surface area (Å²) in [7, 11) is 0. The second kappa shape index (κ2) is 6.70. The van der Waals surface area contributed by atoms with Crippen molar-refractivity contribution in [2.45, 2.75) is 64.5 Å². The molecule has 1 atom stereocenters. The molecule has 0 heterocycles. The largest absolute Gasteiger partial charge is 0.373 e. The molecule has 1 aliphatic carbocycles. The fourth-order valence-corrected chi connectivity index (χ4v) is 3.63. The van der Waals surface area contributed by atoms with E-state index in [4.69, 9.17) is 10.6 Å². The van der Waals surface area contributed by atoms with Crippen molar-refractivity contribution in [3.05, 3.63) is 34.9 Å². The number of benzene rings is 1. The van der Waals surface area contributed by atoms with E-state index >= 15 is 0 Å². The number of hydrazine groups is 1. The third kappa shape index (κ3) is 3.05. The lowest BCUT2D eigenvalue weighted by Gasteiger charge is -2.43. The maximum atomic E-state index is 6.22. The van der Waals surface area contributed by atoms with Crippen LogP contribution in [0, 0.1) is 13.8 Å². The molecule has 1 aromatic carbocycles. The number of nitrogens with two attached hydrogens (primary N) is 1. The van der Waals surface area contributed by atoms with E-state index in [1.54, 1.807) is 0 Å². The zero-order chi connectivity index (χ0) is 14.6. The molecule has 3 N–H and O–H groups in total. The van der Waals surface area contributed by atoms with Crippen LogP contribution in [0.1, 0.15) is 61.8 Å². The molecule has 0 spiro atoms. The molecule has 0 aliphatic heterocycles. The molecule has 1 saturated carbocycles. The maximum absolute atomic E-state index is 6.22. The first-order valence-corrected chi connectivity index (χ1v) is 7.80. The quantitative estimate of drug-likeness (QED) is 0.638. The number of ether oxygens (including phenoxy) is 1. The molecule has 0 bridgehead atoms. The van der Waals surface area contributed by atoms with E-state index in [1.807, 2.05) is 0 Å². The van der Waals surface area contributed by atoms with Gasteiger partial charge in [-0.1, -0.05) is 43.0 Å². The maximum Gasteiger partial charge on any atom is 0.0889 e. The topological polar surface area (TPSA) is 47.3 Å². The summed E-state index contributed by atoms with van der Waals surface area (Å²) in [4.78, 5) is 0. The summed E-state index contributed by atoms with van der Waals surface area (Å²) in [6.45, 7) is 7.10. The minimum atomic E-state index is -0.151.